The van der Waals surface area contributed by atoms with Crippen molar-refractivity contribution in [3.8, 4) is 0 Å². The molecule has 1 fully saturated rings. The number of H-pyrrole nitrogens is 1. The molecule has 1 N–H and O–H groups in total. The van der Waals surface area contributed by atoms with Crippen LogP contribution in [0.4, 0.5) is 4.39 Å². The molecule has 1 aromatic heterocycles. The van der Waals surface area contributed by atoms with E-state index in [-0.39, 0.29) is 17.8 Å². The van der Waals surface area contributed by atoms with E-state index < -0.39 is 0 Å². The number of carbonyl (C=O) groups is 1. The smallest absolute Gasteiger partial charge is 0.274 e. The number of hydrogen-bond acceptors (Lipinski definition) is 3. The first kappa shape index (κ1) is 18.6. The largest absolute Gasteiger partial charge is 0.336 e. The van der Waals surface area contributed by atoms with E-state index in [1.165, 1.54) is 12.1 Å². The first-order valence-electron chi connectivity index (χ1n) is 9.24. The van der Waals surface area contributed by atoms with Crippen LogP contribution in [0.25, 0.3) is 0 Å². The molecule has 26 heavy (non-hydrogen) atoms. The zero-order valence-corrected chi connectivity index (χ0v) is 15.7. The van der Waals surface area contributed by atoms with Gasteiger partial charge in [-0.2, -0.15) is 5.10 Å². The molecule has 5 nitrogen and oxygen atoms in total. The second kappa shape index (κ2) is 7.99. The number of halogens is 1. The van der Waals surface area contributed by atoms with Gasteiger partial charge >= 0.3 is 0 Å². The summed E-state index contributed by atoms with van der Waals surface area (Å²) in [6.07, 6.45) is 0.916. The molecule has 1 aliphatic rings. The molecule has 6 heteroatoms. The summed E-state index contributed by atoms with van der Waals surface area (Å²) in [5, 5.41) is 6.97. The molecule has 0 unspecified atom stereocenters. The van der Waals surface area contributed by atoms with Crippen LogP contribution >= 0.6 is 0 Å². The highest BCUT2D eigenvalue weighted by atomic mass is 19.1. The molecule has 0 saturated carbocycles. The zero-order chi connectivity index (χ0) is 18.7. The summed E-state index contributed by atoms with van der Waals surface area (Å²) in [6.45, 7) is 9.38. The topological polar surface area (TPSA) is 52.2 Å². The molecular formula is C20H27FN4O. The van der Waals surface area contributed by atoms with Gasteiger partial charge in [0.1, 0.15) is 11.5 Å². The van der Waals surface area contributed by atoms with E-state index in [0.717, 1.165) is 37.3 Å². The van der Waals surface area contributed by atoms with Crippen LogP contribution in [-0.4, -0.2) is 51.6 Å². The Kier molecular flexibility index (Phi) is 5.71. The number of nitrogens with zero attached hydrogens (tertiary/aromatic N) is 3. The number of aromatic nitrogens is 2. The number of benzene rings is 1. The van der Waals surface area contributed by atoms with Crippen molar-refractivity contribution in [3.63, 3.8) is 0 Å². The predicted molar refractivity (Wildman–Crippen MR) is 99.3 cm³/mol. The Bertz CT molecular complexity index is 741. The highest BCUT2D eigenvalue weighted by molar-refractivity contribution is 5.92. The minimum atomic E-state index is -0.212. The van der Waals surface area contributed by atoms with Gasteiger partial charge in [-0.1, -0.05) is 26.0 Å². The number of aromatic amines is 1. The SMILES string of the molecule is Cc1cc(C(=O)N2CCCN(Cc3ccc(F)cc3)[C@@H](C(C)C)C2)n[nH]1. The standard InChI is InChI=1S/C20H27FN4O/c1-14(2)19-13-25(20(26)18-11-15(3)22-23-18)10-4-9-24(19)12-16-5-7-17(21)8-6-16/h5-8,11,14,19H,4,9-10,12-13H2,1-3H3,(H,22,23)/t19-/m1/s1. The third-order valence-electron chi connectivity index (χ3n) is 5.03. The first-order chi connectivity index (χ1) is 12.4. The van der Waals surface area contributed by atoms with E-state index >= 15 is 0 Å². The van der Waals surface area contributed by atoms with Gasteiger partial charge in [0, 0.05) is 37.9 Å². The molecular weight excluding hydrogens is 331 g/mol. The molecule has 2 aromatic rings. The normalized spacial score (nSPS) is 19.0. The lowest BCUT2D eigenvalue weighted by molar-refractivity contribution is 0.0696. The first-order valence-corrected chi connectivity index (χ1v) is 9.24. The number of aryl methyl sites for hydroxylation is 1. The Morgan fingerprint density at radius 2 is 2.04 bits per heavy atom. The van der Waals surface area contributed by atoms with Gasteiger partial charge in [-0.05, 0) is 43.0 Å². The van der Waals surface area contributed by atoms with E-state index in [0.29, 0.717) is 18.2 Å². The van der Waals surface area contributed by atoms with Crippen LogP contribution in [-0.2, 0) is 6.54 Å². The number of nitrogens with one attached hydrogen (secondary N) is 1. The van der Waals surface area contributed by atoms with Crippen molar-refractivity contribution in [3.05, 3.63) is 53.1 Å². The van der Waals surface area contributed by atoms with Crippen molar-refractivity contribution in [1.82, 2.24) is 20.0 Å². The summed E-state index contributed by atoms with van der Waals surface area (Å²) >= 11 is 0. The Labute approximate surface area is 154 Å². The van der Waals surface area contributed by atoms with Crippen LogP contribution in [0.5, 0.6) is 0 Å². The second-order valence-electron chi connectivity index (χ2n) is 7.45. The molecule has 3 rings (SSSR count). The van der Waals surface area contributed by atoms with Crippen LogP contribution in [0.1, 0.15) is 42.0 Å². The number of hydrogen-bond donors (Lipinski definition) is 1. The maximum atomic E-state index is 13.2. The van der Waals surface area contributed by atoms with Gasteiger partial charge in [-0.15, -0.1) is 0 Å². The van der Waals surface area contributed by atoms with E-state index in [9.17, 15) is 9.18 Å². The van der Waals surface area contributed by atoms with Crippen molar-refractivity contribution in [2.75, 3.05) is 19.6 Å². The lowest BCUT2D eigenvalue weighted by atomic mass is 10.0. The van der Waals surface area contributed by atoms with Gasteiger partial charge in [0.2, 0.25) is 0 Å². The molecule has 0 aliphatic carbocycles. The van der Waals surface area contributed by atoms with Gasteiger partial charge in [0.25, 0.3) is 5.91 Å². The summed E-state index contributed by atoms with van der Waals surface area (Å²) in [4.78, 5) is 17.2. The fourth-order valence-electron chi connectivity index (χ4n) is 3.59. The zero-order valence-electron chi connectivity index (χ0n) is 15.7. The van der Waals surface area contributed by atoms with Gasteiger partial charge < -0.3 is 4.90 Å². The summed E-state index contributed by atoms with van der Waals surface area (Å²) in [6, 6.07) is 8.75. The molecule has 0 bridgehead atoms. The van der Waals surface area contributed by atoms with E-state index in [1.807, 2.05) is 24.0 Å². The Morgan fingerprint density at radius 1 is 1.31 bits per heavy atom. The molecule has 2 heterocycles. The minimum Gasteiger partial charge on any atom is -0.336 e. The van der Waals surface area contributed by atoms with Gasteiger partial charge in [-0.3, -0.25) is 14.8 Å². The molecule has 0 radical (unpaired) electrons. The van der Waals surface area contributed by atoms with Crippen LogP contribution in [0.3, 0.4) is 0 Å². The maximum Gasteiger partial charge on any atom is 0.274 e. The van der Waals surface area contributed by atoms with Gasteiger partial charge in [0.05, 0.1) is 0 Å². The van der Waals surface area contributed by atoms with Crippen LogP contribution in [0.15, 0.2) is 30.3 Å². The predicted octanol–water partition coefficient (Wildman–Crippen LogP) is 3.23. The number of carbonyl (C=O) groups excluding carboxylic acids is 1. The third-order valence-corrected chi connectivity index (χ3v) is 5.03. The van der Waals surface area contributed by atoms with Crippen molar-refractivity contribution in [2.24, 2.45) is 5.92 Å². The van der Waals surface area contributed by atoms with Crippen LogP contribution in [0, 0.1) is 18.7 Å². The quantitative estimate of drug-likeness (QED) is 0.913. The second-order valence-corrected chi connectivity index (χ2v) is 7.45. The molecule has 140 valence electrons. The molecule has 1 aliphatic heterocycles. The highest BCUT2D eigenvalue weighted by Crippen LogP contribution is 2.21. The molecule has 1 amide bonds. The molecule has 1 aromatic carbocycles. The van der Waals surface area contributed by atoms with Crippen molar-refractivity contribution < 1.29 is 9.18 Å². The number of rotatable bonds is 4. The van der Waals surface area contributed by atoms with Crippen LogP contribution in [0.2, 0.25) is 0 Å². The monoisotopic (exact) mass is 358 g/mol. The van der Waals surface area contributed by atoms with Crippen LogP contribution < -0.4 is 0 Å². The Hall–Kier alpha value is -2.21. The lowest BCUT2D eigenvalue weighted by Crippen LogP contribution is -2.45. The van der Waals surface area contributed by atoms with Crippen molar-refractivity contribution in [1.29, 1.82) is 0 Å². The summed E-state index contributed by atoms with van der Waals surface area (Å²) in [5.74, 6) is 0.185. The van der Waals surface area contributed by atoms with Gasteiger partial charge in [-0.25, -0.2) is 4.39 Å². The molecule has 1 saturated heterocycles. The summed E-state index contributed by atoms with van der Waals surface area (Å²) in [5.41, 5.74) is 2.47. The van der Waals surface area contributed by atoms with E-state index in [4.69, 9.17) is 0 Å². The average Bonchev–Trinajstić information content (AvgIpc) is 2.93. The van der Waals surface area contributed by atoms with E-state index in [2.05, 4.69) is 28.9 Å². The van der Waals surface area contributed by atoms with E-state index in [1.54, 1.807) is 6.07 Å². The Balaban J connectivity index is 1.74. The average molecular weight is 358 g/mol. The number of amides is 1. The molecule has 0 spiro atoms. The minimum absolute atomic E-state index is 0.0105. The summed E-state index contributed by atoms with van der Waals surface area (Å²) in [7, 11) is 0. The maximum absolute atomic E-state index is 13.2. The Morgan fingerprint density at radius 3 is 2.65 bits per heavy atom. The lowest BCUT2D eigenvalue weighted by Gasteiger charge is -2.34. The molecule has 1 atom stereocenters. The fourth-order valence-corrected chi connectivity index (χ4v) is 3.59. The highest BCUT2D eigenvalue weighted by Gasteiger charge is 2.30. The van der Waals surface area contributed by atoms with Crippen molar-refractivity contribution in [2.45, 2.75) is 39.8 Å². The third kappa shape index (κ3) is 4.30. The fraction of sp³-hybridized carbons (Fsp3) is 0.500. The van der Waals surface area contributed by atoms with Gasteiger partial charge in [0.15, 0.2) is 0 Å². The summed E-state index contributed by atoms with van der Waals surface area (Å²) < 4.78 is 13.2. The van der Waals surface area contributed by atoms with Crippen molar-refractivity contribution >= 4 is 5.91 Å².